The molecule has 0 aliphatic heterocycles. The van der Waals surface area contributed by atoms with Gasteiger partial charge in [-0.15, -0.1) is 11.3 Å². The second-order valence-corrected chi connectivity index (χ2v) is 8.04. The number of hydrogen-bond donors (Lipinski definition) is 1. The number of thiophene rings is 1. The normalized spacial score (nSPS) is 11.8. The highest BCUT2D eigenvalue weighted by Gasteiger charge is 2.19. The van der Waals surface area contributed by atoms with E-state index in [2.05, 4.69) is 5.32 Å². The predicted octanol–water partition coefficient (Wildman–Crippen LogP) is 4.74. The van der Waals surface area contributed by atoms with Crippen LogP contribution in [0, 0.1) is 0 Å². The van der Waals surface area contributed by atoms with Crippen molar-refractivity contribution in [2.45, 2.75) is 32.6 Å². The zero-order chi connectivity index (χ0) is 21.3. The van der Waals surface area contributed by atoms with Crippen molar-refractivity contribution < 1.29 is 19.1 Å². The Balaban J connectivity index is 1.56. The van der Waals surface area contributed by atoms with Crippen LogP contribution in [-0.2, 0) is 20.9 Å². The smallest absolute Gasteiger partial charge is 0.338 e. The SMILES string of the molecule is CC(C)OCc1ccc(C(=O)OCC(=O)N[C@H](c2ccccc2)c2cccs2)cc1. The molecule has 0 spiro atoms. The Kier molecular flexibility index (Phi) is 7.76. The minimum atomic E-state index is -0.533. The molecule has 2 aromatic carbocycles. The van der Waals surface area contributed by atoms with E-state index in [-0.39, 0.29) is 24.7 Å². The number of amides is 1. The lowest BCUT2D eigenvalue weighted by molar-refractivity contribution is -0.124. The van der Waals surface area contributed by atoms with E-state index in [1.165, 1.54) is 0 Å². The molecule has 0 unspecified atom stereocenters. The Morgan fingerprint density at radius 2 is 1.70 bits per heavy atom. The van der Waals surface area contributed by atoms with Gasteiger partial charge in [0.2, 0.25) is 0 Å². The van der Waals surface area contributed by atoms with Gasteiger partial charge in [0.25, 0.3) is 5.91 Å². The highest BCUT2D eigenvalue weighted by molar-refractivity contribution is 7.10. The lowest BCUT2D eigenvalue weighted by atomic mass is 10.1. The molecule has 30 heavy (non-hydrogen) atoms. The van der Waals surface area contributed by atoms with Crippen molar-refractivity contribution in [2.75, 3.05) is 6.61 Å². The lowest BCUT2D eigenvalue weighted by Gasteiger charge is -2.18. The second-order valence-electron chi connectivity index (χ2n) is 7.06. The van der Waals surface area contributed by atoms with E-state index in [0.717, 1.165) is 16.0 Å². The molecule has 0 fully saturated rings. The molecule has 6 heteroatoms. The summed E-state index contributed by atoms with van der Waals surface area (Å²) in [6.07, 6.45) is 0.141. The van der Waals surface area contributed by atoms with Crippen molar-refractivity contribution >= 4 is 23.2 Å². The molecular weight excluding hydrogens is 398 g/mol. The Labute approximate surface area is 180 Å². The van der Waals surface area contributed by atoms with E-state index in [1.54, 1.807) is 23.5 Å². The van der Waals surface area contributed by atoms with Crippen LogP contribution >= 0.6 is 11.3 Å². The van der Waals surface area contributed by atoms with Crippen LogP contribution in [0.1, 0.15) is 46.3 Å². The summed E-state index contributed by atoms with van der Waals surface area (Å²) in [6.45, 7) is 4.08. The molecule has 5 nitrogen and oxygen atoms in total. The van der Waals surface area contributed by atoms with E-state index in [4.69, 9.17) is 9.47 Å². The first-order valence-electron chi connectivity index (χ1n) is 9.78. The summed E-state index contributed by atoms with van der Waals surface area (Å²) in [6, 6.07) is 20.3. The van der Waals surface area contributed by atoms with E-state index >= 15 is 0 Å². The van der Waals surface area contributed by atoms with Crippen LogP contribution in [-0.4, -0.2) is 24.6 Å². The molecule has 0 saturated heterocycles. The van der Waals surface area contributed by atoms with Crippen LogP contribution in [0.2, 0.25) is 0 Å². The molecule has 1 aromatic heterocycles. The minimum absolute atomic E-state index is 0.141. The number of ether oxygens (including phenoxy) is 2. The standard InChI is InChI=1S/C24H25NO4S/c1-17(2)28-15-18-10-12-20(13-11-18)24(27)29-16-22(26)25-23(21-9-6-14-30-21)19-7-4-3-5-8-19/h3-14,17,23H,15-16H2,1-2H3,(H,25,26)/t23-/m1/s1. The summed E-state index contributed by atoms with van der Waals surface area (Å²) >= 11 is 1.56. The first-order valence-corrected chi connectivity index (χ1v) is 10.7. The van der Waals surface area contributed by atoms with E-state index in [0.29, 0.717) is 12.2 Å². The fraction of sp³-hybridized carbons (Fsp3) is 0.250. The van der Waals surface area contributed by atoms with Crippen LogP contribution < -0.4 is 5.32 Å². The summed E-state index contributed by atoms with van der Waals surface area (Å²) in [5.41, 5.74) is 2.34. The molecule has 0 radical (unpaired) electrons. The Morgan fingerprint density at radius 3 is 2.33 bits per heavy atom. The van der Waals surface area contributed by atoms with Crippen molar-refractivity contribution in [3.63, 3.8) is 0 Å². The van der Waals surface area contributed by atoms with Gasteiger partial charge in [0.05, 0.1) is 24.3 Å². The predicted molar refractivity (Wildman–Crippen MR) is 117 cm³/mol. The van der Waals surface area contributed by atoms with Gasteiger partial charge in [0, 0.05) is 4.88 Å². The molecule has 0 saturated carbocycles. The monoisotopic (exact) mass is 423 g/mol. The van der Waals surface area contributed by atoms with Gasteiger partial charge in [0.1, 0.15) is 0 Å². The van der Waals surface area contributed by atoms with Gasteiger partial charge in [-0.25, -0.2) is 4.79 Å². The minimum Gasteiger partial charge on any atom is -0.452 e. The van der Waals surface area contributed by atoms with Gasteiger partial charge in [-0.2, -0.15) is 0 Å². The van der Waals surface area contributed by atoms with Crippen molar-refractivity contribution in [1.29, 1.82) is 0 Å². The summed E-state index contributed by atoms with van der Waals surface area (Å²) in [5, 5.41) is 4.92. The maximum absolute atomic E-state index is 12.5. The summed E-state index contributed by atoms with van der Waals surface area (Å²) < 4.78 is 10.7. The summed E-state index contributed by atoms with van der Waals surface area (Å²) in [7, 11) is 0. The maximum Gasteiger partial charge on any atom is 0.338 e. The Morgan fingerprint density at radius 1 is 0.967 bits per heavy atom. The fourth-order valence-electron chi connectivity index (χ4n) is 2.84. The topological polar surface area (TPSA) is 64.6 Å². The van der Waals surface area contributed by atoms with Crippen molar-refractivity contribution in [2.24, 2.45) is 0 Å². The summed E-state index contributed by atoms with van der Waals surface area (Å²) in [5.74, 6) is -0.888. The molecule has 0 bridgehead atoms. The third-order valence-electron chi connectivity index (χ3n) is 4.37. The van der Waals surface area contributed by atoms with Gasteiger partial charge < -0.3 is 14.8 Å². The van der Waals surface area contributed by atoms with Crippen LogP contribution in [0.5, 0.6) is 0 Å². The van der Waals surface area contributed by atoms with Crippen LogP contribution in [0.4, 0.5) is 0 Å². The van der Waals surface area contributed by atoms with E-state index in [9.17, 15) is 9.59 Å². The maximum atomic E-state index is 12.5. The number of carbonyl (C=O) groups excluding carboxylic acids is 2. The van der Waals surface area contributed by atoms with Gasteiger partial charge >= 0.3 is 5.97 Å². The molecule has 3 rings (SSSR count). The molecular formula is C24H25NO4S. The highest BCUT2D eigenvalue weighted by Crippen LogP contribution is 2.25. The number of carbonyl (C=O) groups is 2. The quantitative estimate of drug-likeness (QED) is 0.505. The van der Waals surface area contributed by atoms with Crippen LogP contribution in [0.15, 0.2) is 72.1 Å². The highest BCUT2D eigenvalue weighted by atomic mass is 32.1. The number of esters is 1. The first kappa shape index (κ1) is 21.7. The average molecular weight is 424 g/mol. The molecule has 0 aliphatic carbocycles. The van der Waals surface area contributed by atoms with Gasteiger partial charge in [-0.3, -0.25) is 4.79 Å². The second kappa shape index (κ2) is 10.7. The fourth-order valence-corrected chi connectivity index (χ4v) is 3.64. The van der Waals surface area contributed by atoms with Crippen molar-refractivity contribution in [3.05, 3.63) is 93.7 Å². The Bertz CT molecular complexity index is 937. The molecule has 1 heterocycles. The average Bonchev–Trinajstić information content (AvgIpc) is 3.30. The van der Waals surface area contributed by atoms with Gasteiger partial charge in [-0.05, 0) is 48.6 Å². The van der Waals surface area contributed by atoms with Crippen LogP contribution in [0.25, 0.3) is 0 Å². The van der Waals surface area contributed by atoms with E-state index in [1.807, 2.05) is 73.8 Å². The van der Waals surface area contributed by atoms with Crippen molar-refractivity contribution in [1.82, 2.24) is 5.32 Å². The molecule has 156 valence electrons. The molecule has 0 aliphatic rings. The number of hydrogen-bond acceptors (Lipinski definition) is 5. The van der Waals surface area contributed by atoms with Gasteiger partial charge in [0.15, 0.2) is 6.61 Å². The molecule has 3 aromatic rings. The zero-order valence-electron chi connectivity index (χ0n) is 17.0. The number of rotatable bonds is 9. The number of nitrogens with one attached hydrogen (secondary N) is 1. The molecule has 1 atom stereocenters. The number of benzene rings is 2. The molecule has 1 amide bonds. The first-order chi connectivity index (χ1) is 14.5. The van der Waals surface area contributed by atoms with Crippen LogP contribution in [0.3, 0.4) is 0 Å². The van der Waals surface area contributed by atoms with E-state index < -0.39 is 5.97 Å². The zero-order valence-corrected chi connectivity index (χ0v) is 17.9. The largest absolute Gasteiger partial charge is 0.452 e. The third kappa shape index (κ3) is 6.27. The van der Waals surface area contributed by atoms with Crippen molar-refractivity contribution in [3.8, 4) is 0 Å². The lowest BCUT2D eigenvalue weighted by Crippen LogP contribution is -2.32. The summed E-state index contributed by atoms with van der Waals surface area (Å²) in [4.78, 5) is 25.8. The molecule has 1 N–H and O–H groups in total. The van der Waals surface area contributed by atoms with Gasteiger partial charge in [-0.1, -0.05) is 48.5 Å². The Hall–Kier alpha value is -2.96. The third-order valence-corrected chi connectivity index (χ3v) is 5.31.